The van der Waals surface area contributed by atoms with E-state index in [0.717, 1.165) is 12.1 Å². The number of amides is 2. The van der Waals surface area contributed by atoms with Crippen LogP contribution in [0.3, 0.4) is 0 Å². The van der Waals surface area contributed by atoms with E-state index in [2.05, 4.69) is 5.32 Å². The summed E-state index contributed by atoms with van der Waals surface area (Å²) in [6.45, 7) is 3.50. The molecule has 21 heavy (non-hydrogen) atoms. The van der Waals surface area contributed by atoms with Crippen LogP contribution in [0.5, 0.6) is 0 Å². The van der Waals surface area contributed by atoms with Crippen molar-refractivity contribution in [3.63, 3.8) is 0 Å². The van der Waals surface area contributed by atoms with Gasteiger partial charge in [0.15, 0.2) is 0 Å². The number of nitrogens with one attached hydrogen (secondary N) is 1. The number of carbonyl (C=O) groups excluding carboxylic acids is 2. The summed E-state index contributed by atoms with van der Waals surface area (Å²) in [5.41, 5.74) is 0.213. The van der Waals surface area contributed by atoms with Crippen molar-refractivity contribution < 1.29 is 18.4 Å². The van der Waals surface area contributed by atoms with Gasteiger partial charge in [-0.3, -0.25) is 9.59 Å². The first kappa shape index (κ1) is 15.8. The molecule has 1 heterocycles. The largest absolute Gasteiger partial charge is 0.352 e. The van der Waals surface area contributed by atoms with Crippen LogP contribution in [0.4, 0.5) is 8.78 Å². The molecule has 1 atom stereocenters. The van der Waals surface area contributed by atoms with Gasteiger partial charge in [0.05, 0.1) is 5.75 Å². The fourth-order valence-corrected chi connectivity index (χ4v) is 3.32. The smallest absolute Gasteiger partial charge is 0.239 e. The van der Waals surface area contributed by atoms with Gasteiger partial charge in [0.2, 0.25) is 11.8 Å². The molecule has 1 N–H and O–H groups in total. The molecule has 0 radical (unpaired) electrons. The average Bonchev–Trinajstić information content (AvgIpc) is 2.70. The number of hydrogen-bond donors (Lipinski definition) is 1. The highest BCUT2D eigenvalue weighted by Crippen LogP contribution is 2.39. The second-order valence-corrected chi connectivity index (χ2v) is 6.14. The average molecular weight is 314 g/mol. The Hall–Kier alpha value is -1.63. The SMILES string of the molecule is CC(C)NC(=O)CN1C(=O)CS[C@H]1c1ccc(F)cc1F. The topological polar surface area (TPSA) is 49.4 Å². The number of thioether (sulfide) groups is 1. The molecule has 1 aliphatic heterocycles. The number of carbonyl (C=O) groups is 2. The van der Waals surface area contributed by atoms with Crippen molar-refractivity contribution in [3.8, 4) is 0 Å². The molecule has 0 spiro atoms. The van der Waals surface area contributed by atoms with Crippen LogP contribution in [-0.2, 0) is 9.59 Å². The molecule has 1 aromatic rings. The lowest BCUT2D eigenvalue weighted by Gasteiger charge is -2.24. The number of rotatable bonds is 4. The van der Waals surface area contributed by atoms with Gasteiger partial charge in [-0.15, -0.1) is 11.8 Å². The molecule has 114 valence electrons. The summed E-state index contributed by atoms with van der Waals surface area (Å²) in [6.07, 6.45) is 0. The molecule has 0 unspecified atom stereocenters. The number of hydrogen-bond acceptors (Lipinski definition) is 3. The number of halogens is 2. The van der Waals surface area contributed by atoms with E-state index >= 15 is 0 Å². The van der Waals surface area contributed by atoms with Crippen molar-refractivity contribution in [2.75, 3.05) is 12.3 Å². The molecule has 1 fully saturated rings. The minimum absolute atomic E-state index is 0.0381. The highest BCUT2D eigenvalue weighted by molar-refractivity contribution is 8.00. The lowest BCUT2D eigenvalue weighted by Crippen LogP contribution is -2.41. The van der Waals surface area contributed by atoms with Gasteiger partial charge in [-0.05, 0) is 19.9 Å². The Balaban J connectivity index is 2.18. The molecule has 4 nitrogen and oxygen atoms in total. The van der Waals surface area contributed by atoms with E-state index in [0.29, 0.717) is 0 Å². The second-order valence-electron chi connectivity index (χ2n) is 5.07. The monoisotopic (exact) mass is 314 g/mol. The van der Waals surface area contributed by atoms with E-state index in [4.69, 9.17) is 0 Å². The Labute approximate surface area is 125 Å². The van der Waals surface area contributed by atoms with Crippen LogP contribution < -0.4 is 5.32 Å². The first-order valence-electron chi connectivity index (χ1n) is 6.54. The van der Waals surface area contributed by atoms with Crippen LogP contribution in [0.2, 0.25) is 0 Å². The minimum atomic E-state index is -0.712. The lowest BCUT2D eigenvalue weighted by atomic mass is 10.2. The maximum Gasteiger partial charge on any atom is 0.239 e. The third-order valence-electron chi connectivity index (χ3n) is 2.96. The van der Waals surface area contributed by atoms with Gasteiger partial charge in [-0.25, -0.2) is 8.78 Å². The fraction of sp³-hybridized carbons (Fsp3) is 0.429. The third kappa shape index (κ3) is 3.72. The molecule has 0 aromatic heterocycles. The predicted octanol–water partition coefficient (Wildman–Crippen LogP) is 2.06. The predicted molar refractivity (Wildman–Crippen MR) is 76.5 cm³/mol. The van der Waals surface area contributed by atoms with Crippen molar-refractivity contribution in [1.82, 2.24) is 10.2 Å². The van der Waals surface area contributed by atoms with Gasteiger partial charge in [-0.2, -0.15) is 0 Å². The maximum absolute atomic E-state index is 13.9. The molecule has 1 aliphatic rings. The first-order chi connectivity index (χ1) is 9.88. The summed E-state index contributed by atoms with van der Waals surface area (Å²) in [5.74, 6) is -1.73. The zero-order valence-electron chi connectivity index (χ0n) is 11.7. The fourth-order valence-electron chi connectivity index (χ4n) is 2.11. The van der Waals surface area contributed by atoms with Crippen molar-refractivity contribution in [2.45, 2.75) is 25.3 Å². The Morgan fingerprint density at radius 1 is 1.48 bits per heavy atom. The van der Waals surface area contributed by atoms with Crippen molar-refractivity contribution >= 4 is 23.6 Å². The van der Waals surface area contributed by atoms with Crippen molar-refractivity contribution in [2.24, 2.45) is 0 Å². The van der Waals surface area contributed by atoms with Gasteiger partial charge in [0.1, 0.15) is 23.6 Å². The normalized spacial score (nSPS) is 18.4. The second kappa shape index (κ2) is 6.43. The molecule has 1 aromatic carbocycles. The van der Waals surface area contributed by atoms with Crippen molar-refractivity contribution in [1.29, 1.82) is 0 Å². The molecular weight excluding hydrogens is 298 g/mol. The third-order valence-corrected chi connectivity index (χ3v) is 4.20. The molecule has 0 aliphatic carbocycles. The van der Waals surface area contributed by atoms with E-state index in [1.54, 1.807) is 0 Å². The zero-order valence-corrected chi connectivity index (χ0v) is 12.5. The van der Waals surface area contributed by atoms with Crippen LogP contribution in [-0.4, -0.2) is 35.1 Å². The molecule has 0 saturated carbocycles. The van der Waals surface area contributed by atoms with Crippen LogP contribution in [0.15, 0.2) is 18.2 Å². The maximum atomic E-state index is 13.9. The van der Waals surface area contributed by atoms with E-state index in [-0.39, 0.29) is 35.7 Å². The van der Waals surface area contributed by atoms with E-state index in [1.165, 1.54) is 22.7 Å². The molecular formula is C14H16F2N2O2S. The Morgan fingerprint density at radius 3 is 2.81 bits per heavy atom. The zero-order chi connectivity index (χ0) is 15.6. The molecule has 7 heteroatoms. The summed E-state index contributed by atoms with van der Waals surface area (Å²) in [4.78, 5) is 25.0. The molecule has 1 saturated heterocycles. The van der Waals surface area contributed by atoms with Crippen LogP contribution in [0.25, 0.3) is 0 Å². The summed E-state index contributed by atoms with van der Waals surface area (Å²) >= 11 is 1.23. The Bertz CT molecular complexity index is 566. The van der Waals surface area contributed by atoms with E-state index < -0.39 is 17.0 Å². The summed E-state index contributed by atoms with van der Waals surface area (Å²) in [7, 11) is 0. The van der Waals surface area contributed by atoms with Gasteiger partial charge in [0.25, 0.3) is 0 Å². The highest BCUT2D eigenvalue weighted by Gasteiger charge is 2.35. The van der Waals surface area contributed by atoms with Gasteiger partial charge in [0, 0.05) is 17.7 Å². The number of nitrogens with zero attached hydrogens (tertiary/aromatic N) is 1. The van der Waals surface area contributed by atoms with E-state index in [9.17, 15) is 18.4 Å². The minimum Gasteiger partial charge on any atom is -0.352 e. The summed E-state index contributed by atoms with van der Waals surface area (Å²) in [5, 5.41) is 2.09. The van der Waals surface area contributed by atoms with E-state index in [1.807, 2.05) is 13.8 Å². The molecule has 2 amide bonds. The van der Waals surface area contributed by atoms with Crippen LogP contribution in [0.1, 0.15) is 24.8 Å². The van der Waals surface area contributed by atoms with Gasteiger partial charge in [-0.1, -0.05) is 6.07 Å². The Kier molecular flexibility index (Phi) is 4.82. The summed E-state index contributed by atoms with van der Waals surface area (Å²) < 4.78 is 26.8. The van der Waals surface area contributed by atoms with Gasteiger partial charge >= 0.3 is 0 Å². The molecule has 0 bridgehead atoms. The van der Waals surface area contributed by atoms with Crippen molar-refractivity contribution in [3.05, 3.63) is 35.4 Å². The lowest BCUT2D eigenvalue weighted by molar-refractivity contribution is -0.134. The highest BCUT2D eigenvalue weighted by atomic mass is 32.2. The van der Waals surface area contributed by atoms with Crippen LogP contribution >= 0.6 is 11.8 Å². The standard InChI is InChI=1S/C14H16F2N2O2S/c1-8(2)17-12(19)6-18-13(20)7-21-14(18)10-4-3-9(15)5-11(10)16/h3-5,8,14H,6-7H2,1-2H3,(H,17,19)/t14-/m0/s1. The summed E-state index contributed by atoms with van der Waals surface area (Å²) in [6, 6.07) is 3.21. The quantitative estimate of drug-likeness (QED) is 0.925. The van der Waals surface area contributed by atoms with Crippen LogP contribution in [0, 0.1) is 11.6 Å². The first-order valence-corrected chi connectivity index (χ1v) is 7.58. The Morgan fingerprint density at radius 2 is 2.19 bits per heavy atom. The van der Waals surface area contributed by atoms with Gasteiger partial charge < -0.3 is 10.2 Å². The molecule has 2 rings (SSSR count). The number of benzene rings is 1.